The molecule has 0 unspecified atom stereocenters. The first-order valence-corrected chi connectivity index (χ1v) is 8.70. The van der Waals surface area contributed by atoms with Crippen LogP contribution in [-0.2, 0) is 16.0 Å². The monoisotopic (exact) mass is 343 g/mol. The summed E-state index contributed by atoms with van der Waals surface area (Å²) >= 11 is 1.64. The number of carbonyl (C=O) groups is 1. The molecule has 1 aliphatic heterocycles. The van der Waals surface area contributed by atoms with Crippen LogP contribution in [0.1, 0.15) is 34.3 Å². The van der Waals surface area contributed by atoms with Gasteiger partial charge in [0.2, 0.25) is 11.6 Å². The van der Waals surface area contributed by atoms with Crippen molar-refractivity contribution in [2.75, 3.05) is 11.9 Å². The molecule has 7 heteroatoms. The van der Waals surface area contributed by atoms with Crippen LogP contribution in [0.4, 0.5) is 5.82 Å². The van der Waals surface area contributed by atoms with Gasteiger partial charge in [0, 0.05) is 10.4 Å². The van der Waals surface area contributed by atoms with Crippen LogP contribution in [0.3, 0.4) is 0 Å². The Hall–Kier alpha value is -2.25. The molecule has 0 aliphatic carbocycles. The summed E-state index contributed by atoms with van der Waals surface area (Å²) in [6.45, 7) is 4.46. The minimum absolute atomic E-state index is 0.125. The van der Waals surface area contributed by atoms with E-state index in [0.717, 1.165) is 28.0 Å². The zero-order chi connectivity index (χ0) is 16.7. The fraction of sp³-hybridized carbons (Fsp3) is 0.353. The highest BCUT2D eigenvalue weighted by molar-refractivity contribution is 7.10. The minimum atomic E-state index is -0.182. The molecule has 1 atom stereocenters. The first-order valence-electron chi connectivity index (χ1n) is 7.82. The van der Waals surface area contributed by atoms with Crippen molar-refractivity contribution in [3.05, 3.63) is 39.5 Å². The molecule has 1 N–H and O–H groups in total. The molecule has 4 rings (SSSR count). The molecule has 3 aromatic rings. The van der Waals surface area contributed by atoms with E-state index in [9.17, 15) is 4.79 Å². The Bertz CT molecular complexity index is 915. The quantitative estimate of drug-likeness (QED) is 0.787. The van der Waals surface area contributed by atoms with Crippen molar-refractivity contribution >= 4 is 34.2 Å². The van der Waals surface area contributed by atoms with Crippen LogP contribution in [0, 0.1) is 13.8 Å². The van der Waals surface area contributed by atoms with E-state index < -0.39 is 0 Å². The number of amides is 1. The lowest BCUT2D eigenvalue weighted by Gasteiger charge is -2.22. The maximum atomic E-state index is 12.5. The second-order valence-electron chi connectivity index (χ2n) is 5.86. The van der Waals surface area contributed by atoms with Gasteiger partial charge in [-0.05, 0) is 37.3 Å². The first kappa shape index (κ1) is 15.3. The predicted octanol–water partition coefficient (Wildman–Crippen LogP) is 3.54. The largest absolute Gasteiger partial charge is 0.443 e. The van der Waals surface area contributed by atoms with Crippen molar-refractivity contribution in [2.45, 2.75) is 32.8 Å². The van der Waals surface area contributed by atoms with Gasteiger partial charge in [-0.3, -0.25) is 4.79 Å². The summed E-state index contributed by atoms with van der Waals surface area (Å²) in [4.78, 5) is 22.0. The van der Waals surface area contributed by atoms with Crippen LogP contribution in [0.15, 0.2) is 22.2 Å². The van der Waals surface area contributed by atoms with Gasteiger partial charge in [-0.25, -0.2) is 9.97 Å². The van der Waals surface area contributed by atoms with Gasteiger partial charge in [0.1, 0.15) is 24.0 Å². The van der Waals surface area contributed by atoms with Gasteiger partial charge in [0.15, 0.2) is 0 Å². The van der Waals surface area contributed by atoms with Crippen LogP contribution in [-0.4, -0.2) is 22.5 Å². The van der Waals surface area contributed by atoms with E-state index in [-0.39, 0.29) is 18.4 Å². The SMILES string of the molecule is Cc1oc2ncnc(NC(=O)C[C@H]3OCCc4ccsc43)c2c1C. The molecule has 24 heavy (non-hydrogen) atoms. The first-order chi connectivity index (χ1) is 11.6. The third kappa shape index (κ3) is 2.59. The van der Waals surface area contributed by atoms with Crippen molar-refractivity contribution in [1.29, 1.82) is 0 Å². The number of anilines is 1. The van der Waals surface area contributed by atoms with Crippen molar-refractivity contribution in [2.24, 2.45) is 0 Å². The second-order valence-corrected chi connectivity index (χ2v) is 6.81. The number of ether oxygens (including phenoxy) is 1. The van der Waals surface area contributed by atoms with Crippen LogP contribution < -0.4 is 5.32 Å². The average molecular weight is 343 g/mol. The third-order valence-corrected chi connectivity index (χ3v) is 5.41. The Morgan fingerprint density at radius 3 is 3.17 bits per heavy atom. The van der Waals surface area contributed by atoms with Gasteiger partial charge in [-0.2, -0.15) is 0 Å². The molecule has 0 aromatic carbocycles. The number of nitrogens with one attached hydrogen (secondary N) is 1. The number of aryl methyl sites for hydroxylation is 2. The highest BCUT2D eigenvalue weighted by Crippen LogP contribution is 2.34. The van der Waals surface area contributed by atoms with Crippen LogP contribution in [0.5, 0.6) is 0 Å². The summed E-state index contributed by atoms with van der Waals surface area (Å²) in [5.74, 6) is 1.14. The number of hydrogen-bond donors (Lipinski definition) is 1. The average Bonchev–Trinajstić information content (AvgIpc) is 3.14. The third-order valence-electron chi connectivity index (χ3n) is 4.36. The van der Waals surface area contributed by atoms with E-state index in [1.165, 1.54) is 11.9 Å². The number of hydrogen-bond acceptors (Lipinski definition) is 6. The molecule has 0 saturated heterocycles. The fourth-order valence-electron chi connectivity index (χ4n) is 3.00. The van der Waals surface area contributed by atoms with Gasteiger partial charge in [0.25, 0.3) is 0 Å². The van der Waals surface area contributed by atoms with E-state index in [0.29, 0.717) is 18.1 Å². The number of furan rings is 1. The van der Waals surface area contributed by atoms with Crippen molar-refractivity contribution < 1.29 is 13.9 Å². The van der Waals surface area contributed by atoms with E-state index in [1.54, 1.807) is 11.3 Å². The Morgan fingerprint density at radius 1 is 1.42 bits per heavy atom. The molecule has 0 bridgehead atoms. The molecule has 1 aliphatic rings. The van der Waals surface area contributed by atoms with Crippen molar-refractivity contribution in [1.82, 2.24) is 9.97 Å². The Balaban J connectivity index is 1.56. The van der Waals surface area contributed by atoms with E-state index in [4.69, 9.17) is 9.15 Å². The molecule has 0 radical (unpaired) electrons. The molecule has 3 aromatic heterocycles. The zero-order valence-electron chi connectivity index (χ0n) is 13.5. The van der Waals surface area contributed by atoms with Crippen molar-refractivity contribution in [3.63, 3.8) is 0 Å². The van der Waals surface area contributed by atoms with E-state index >= 15 is 0 Å². The molecule has 4 heterocycles. The number of fused-ring (bicyclic) bond motifs is 2. The number of rotatable bonds is 3. The predicted molar refractivity (Wildman–Crippen MR) is 91.2 cm³/mol. The summed E-state index contributed by atoms with van der Waals surface area (Å²) in [7, 11) is 0. The highest BCUT2D eigenvalue weighted by atomic mass is 32.1. The number of aromatic nitrogens is 2. The highest BCUT2D eigenvalue weighted by Gasteiger charge is 2.25. The number of nitrogens with zero attached hydrogens (tertiary/aromatic N) is 2. The molecule has 1 amide bonds. The standard InChI is InChI=1S/C17H17N3O3S/c1-9-10(2)23-17-14(9)16(18-8-19-17)20-13(21)7-12-15-11(3-5-22-12)4-6-24-15/h4,6,8,12H,3,5,7H2,1-2H3,(H,18,19,20,21)/t12-/m1/s1. The van der Waals surface area contributed by atoms with Gasteiger partial charge in [-0.1, -0.05) is 0 Å². The van der Waals surface area contributed by atoms with E-state index in [1.807, 2.05) is 13.8 Å². The number of thiophene rings is 1. The molecule has 6 nitrogen and oxygen atoms in total. The van der Waals surface area contributed by atoms with Crippen molar-refractivity contribution in [3.8, 4) is 0 Å². The number of carbonyl (C=O) groups excluding carboxylic acids is 1. The molecule has 0 fully saturated rings. The molecule has 0 saturated carbocycles. The zero-order valence-corrected chi connectivity index (χ0v) is 14.3. The smallest absolute Gasteiger partial charge is 0.231 e. The summed E-state index contributed by atoms with van der Waals surface area (Å²) in [5, 5.41) is 5.69. The molecular weight excluding hydrogens is 326 g/mol. The lowest BCUT2D eigenvalue weighted by molar-refractivity contribution is -0.119. The van der Waals surface area contributed by atoms with Crippen LogP contribution in [0.2, 0.25) is 0 Å². The topological polar surface area (TPSA) is 77.3 Å². The van der Waals surface area contributed by atoms with Gasteiger partial charge >= 0.3 is 0 Å². The lowest BCUT2D eigenvalue weighted by Crippen LogP contribution is -2.21. The van der Waals surface area contributed by atoms with E-state index in [2.05, 4.69) is 26.7 Å². The summed E-state index contributed by atoms with van der Waals surface area (Å²) in [5.41, 5.74) is 2.72. The van der Waals surface area contributed by atoms with Crippen LogP contribution >= 0.6 is 11.3 Å². The fourth-order valence-corrected chi connectivity index (χ4v) is 4.01. The maximum Gasteiger partial charge on any atom is 0.231 e. The Labute approximate surface area is 142 Å². The summed E-state index contributed by atoms with van der Waals surface area (Å²) in [6, 6.07) is 2.11. The van der Waals surface area contributed by atoms with Gasteiger partial charge in [-0.15, -0.1) is 11.3 Å². The van der Waals surface area contributed by atoms with Crippen LogP contribution in [0.25, 0.3) is 11.1 Å². The lowest BCUT2D eigenvalue weighted by atomic mass is 10.1. The Morgan fingerprint density at radius 2 is 2.29 bits per heavy atom. The normalized spacial score (nSPS) is 17.0. The van der Waals surface area contributed by atoms with Gasteiger partial charge in [0.05, 0.1) is 18.4 Å². The molecule has 0 spiro atoms. The maximum absolute atomic E-state index is 12.5. The van der Waals surface area contributed by atoms with Gasteiger partial charge < -0.3 is 14.5 Å². The second kappa shape index (κ2) is 5.99. The Kier molecular flexibility index (Phi) is 3.82. The molecule has 124 valence electrons. The molecular formula is C17H17N3O3S. The summed E-state index contributed by atoms with van der Waals surface area (Å²) < 4.78 is 11.4. The minimum Gasteiger partial charge on any atom is -0.443 e. The summed E-state index contributed by atoms with van der Waals surface area (Å²) in [6.07, 6.45) is 2.40.